The van der Waals surface area contributed by atoms with Crippen LogP contribution < -0.4 is 11.5 Å². The molecule has 8 heteroatoms. The molecule has 0 amide bonds. The topological polar surface area (TPSA) is 162 Å². The van der Waals surface area contributed by atoms with E-state index in [9.17, 15) is 25.2 Å². The summed E-state index contributed by atoms with van der Waals surface area (Å²) in [6.45, 7) is 9.34. The van der Waals surface area contributed by atoms with Gasteiger partial charge in [-0.25, -0.2) is 0 Å². The predicted molar refractivity (Wildman–Crippen MR) is 190 cm³/mol. The van der Waals surface area contributed by atoms with E-state index >= 15 is 0 Å². The van der Waals surface area contributed by atoms with Crippen molar-refractivity contribution < 1.29 is 25.2 Å². The average molecular weight is 676 g/mol. The lowest BCUT2D eigenvalue weighted by Gasteiger charge is -2.63. The molecule has 14 atom stereocenters. The van der Waals surface area contributed by atoms with Gasteiger partial charge in [0.25, 0.3) is 0 Å². The van der Waals surface area contributed by atoms with Gasteiger partial charge in [0.15, 0.2) is 11.7 Å². The Kier molecular flexibility index (Phi) is 8.19. The molecule has 0 aromatic rings. The van der Waals surface area contributed by atoms with Gasteiger partial charge in [0, 0.05) is 29.7 Å². The van der Waals surface area contributed by atoms with Crippen molar-refractivity contribution in [3.05, 3.63) is 33.9 Å². The second-order valence-corrected chi connectivity index (χ2v) is 18.6. The Labute approximate surface area is 292 Å². The summed E-state index contributed by atoms with van der Waals surface area (Å²) in [5, 5.41) is 47.6. The Morgan fingerprint density at radius 3 is 2.47 bits per heavy atom. The maximum Gasteiger partial charge on any atom is 0.185 e. The lowest BCUT2D eigenvalue weighted by Crippen LogP contribution is -2.64. The van der Waals surface area contributed by atoms with Crippen LogP contribution in [0.2, 0.25) is 0 Å². The van der Waals surface area contributed by atoms with Gasteiger partial charge in [-0.05, 0) is 130 Å². The molecule has 8 N–H and O–H groups in total. The normalized spacial score (nSPS) is 49.0. The number of hydrogen-bond acceptors (Lipinski definition) is 6. The predicted octanol–water partition coefficient (Wildman–Crippen LogP) is 4.94. The Morgan fingerprint density at radius 1 is 0.980 bits per heavy atom. The first-order chi connectivity index (χ1) is 23.2. The van der Waals surface area contributed by atoms with Gasteiger partial charge in [-0.15, -0.1) is 0 Å². The number of aliphatic hydroxyl groups excluding tert-OH is 3. The van der Waals surface area contributed by atoms with Gasteiger partial charge in [0.2, 0.25) is 0 Å². The zero-order valence-electron chi connectivity index (χ0n) is 30.2. The molecule has 14 unspecified atom stereocenters. The first-order valence-corrected chi connectivity index (χ1v) is 19.7. The molecule has 49 heavy (non-hydrogen) atoms. The summed E-state index contributed by atoms with van der Waals surface area (Å²) in [7, 11) is 0. The zero-order chi connectivity index (χ0) is 34.8. The van der Waals surface area contributed by atoms with Crippen LogP contribution in [0.5, 0.6) is 0 Å². The Morgan fingerprint density at radius 2 is 1.73 bits per heavy atom. The van der Waals surface area contributed by atoms with Crippen LogP contribution in [-0.2, 0) is 4.79 Å². The molecule has 8 aliphatic carbocycles. The lowest BCUT2D eigenvalue weighted by atomic mass is 9.42. The van der Waals surface area contributed by atoms with Crippen molar-refractivity contribution in [2.24, 2.45) is 80.6 Å². The van der Waals surface area contributed by atoms with Crippen molar-refractivity contribution in [1.82, 2.24) is 0 Å². The van der Waals surface area contributed by atoms with Crippen molar-refractivity contribution in [3.8, 4) is 0 Å². The van der Waals surface area contributed by atoms with Crippen molar-refractivity contribution in [3.63, 3.8) is 0 Å². The van der Waals surface area contributed by atoms with Crippen molar-refractivity contribution >= 4 is 11.7 Å². The molecule has 0 aromatic carbocycles. The molecular formula is C41H61N3O5. The van der Waals surface area contributed by atoms with Crippen LogP contribution in [0.15, 0.2) is 38.9 Å². The van der Waals surface area contributed by atoms with Crippen molar-refractivity contribution in [1.29, 1.82) is 0 Å². The highest BCUT2D eigenvalue weighted by Gasteiger charge is 2.70. The second kappa shape index (κ2) is 11.8. The van der Waals surface area contributed by atoms with Crippen LogP contribution >= 0.6 is 0 Å². The number of aliphatic imine (C=N–C) groups is 1. The van der Waals surface area contributed by atoms with Gasteiger partial charge in [0.05, 0.1) is 23.9 Å². The van der Waals surface area contributed by atoms with Crippen LogP contribution in [0, 0.1) is 64.1 Å². The highest BCUT2D eigenvalue weighted by atomic mass is 16.3. The number of fused-ring (bicyclic) bond motifs is 7. The molecule has 0 spiro atoms. The summed E-state index contributed by atoms with van der Waals surface area (Å²) in [5.74, 6) is 0.920. The van der Waals surface area contributed by atoms with E-state index in [1.165, 1.54) is 44.1 Å². The summed E-state index contributed by atoms with van der Waals surface area (Å²) in [4.78, 5) is 18.5. The van der Waals surface area contributed by atoms with Crippen molar-refractivity contribution in [2.75, 3.05) is 6.54 Å². The van der Waals surface area contributed by atoms with E-state index in [0.29, 0.717) is 37.1 Å². The number of aliphatic hydroxyl groups is 4. The minimum atomic E-state index is -1.21. The monoisotopic (exact) mass is 675 g/mol. The molecular weight excluding hydrogens is 614 g/mol. The largest absolute Gasteiger partial charge is 0.392 e. The van der Waals surface area contributed by atoms with Crippen LogP contribution in [-0.4, -0.2) is 62.6 Å². The quantitative estimate of drug-likeness (QED) is 0.140. The summed E-state index contributed by atoms with van der Waals surface area (Å²) in [6.07, 6.45) is 11.4. The molecule has 0 aliphatic heterocycles. The van der Waals surface area contributed by atoms with Gasteiger partial charge >= 0.3 is 0 Å². The zero-order valence-corrected chi connectivity index (χ0v) is 30.2. The molecule has 0 radical (unpaired) electrons. The number of rotatable bonds is 4. The third-order valence-corrected chi connectivity index (χ3v) is 16.1. The molecule has 270 valence electrons. The molecule has 0 heterocycles. The van der Waals surface area contributed by atoms with Crippen LogP contribution in [0.25, 0.3) is 0 Å². The van der Waals surface area contributed by atoms with Gasteiger partial charge in [-0.1, -0.05) is 56.4 Å². The van der Waals surface area contributed by atoms with E-state index in [-0.39, 0.29) is 54.2 Å². The molecule has 5 saturated carbocycles. The Bertz CT molecular complexity index is 1510. The molecule has 8 aliphatic rings. The number of hydrogen-bond donors (Lipinski definition) is 6. The summed E-state index contributed by atoms with van der Waals surface area (Å²) in [6, 6.07) is 0. The molecule has 8 nitrogen and oxygen atoms in total. The smallest absolute Gasteiger partial charge is 0.185 e. The molecule has 0 bridgehead atoms. The number of ketones is 1. The van der Waals surface area contributed by atoms with Crippen LogP contribution in [0.3, 0.4) is 0 Å². The van der Waals surface area contributed by atoms with Gasteiger partial charge in [0.1, 0.15) is 0 Å². The number of carbonyl (C=O) groups is 1. The SMILES string of the molecule is CC(C)C1=C2CCCCC2C2=C3C(CCC2)CC(C2CCC4(O)C5=CC(=O)C6CC(O)C(O)CC6(C)C5C(CN=C(N)N)CC24C)C(O)C13. The minimum absolute atomic E-state index is 0.0230. The van der Waals surface area contributed by atoms with Gasteiger partial charge < -0.3 is 31.9 Å². The average Bonchev–Trinajstić information content (AvgIpc) is 3.32. The fourth-order valence-electron chi connectivity index (χ4n) is 14.4. The van der Waals surface area contributed by atoms with E-state index in [4.69, 9.17) is 11.5 Å². The fourth-order valence-corrected chi connectivity index (χ4v) is 14.4. The van der Waals surface area contributed by atoms with E-state index in [0.717, 1.165) is 24.8 Å². The van der Waals surface area contributed by atoms with E-state index in [2.05, 4.69) is 32.7 Å². The van der Waals surface area contributed by atoms with E-state index in [1.807, 2.05) is 0 Å². The van der Waals surface area contributed by atoms with Gasteiger partial charge in [-0.2, -0.15) is 0 Å². The van der Waals surface area contributed by atoms with Crippen LogP contribution in [0.4, 0.5) is 0 Å². The summed E-state index contributed by atoms with van der Waals surface area (Å²) >= 11 is 0. The van der Waals surface area contributed by atoms with Crippen LogP contribution in [0.1, 0.15) is 111 Å². The maximum atomic E-state index is 14.0. The number of nitrogens with two attached hydrogens (primary N) is 2. The Hall–Kier alpha value is -2.00. The first-order valence-electron chi connectivity index (χ1n) is 19.7. The third kappa shape index (κ3) is 4.74. The highest BCUT2D eigenvalue weighted by Crippen LogP contribution is 2.71. The number of guanidine groups is 1. The number of nitrogens with zero attached hydrogens (tertiary/aromatic N) is 1. The van der Waals surface area contributed by atoms with Gasteiger partial charge in [-0.3, -0.25) is 9.79 Å². The maximum absolute atomic E-state index is 14.0. The highest BCUT2D eigenvalue weighted by molar-refractivity contribution is 5.95. The third-order valence-electron chi connectivity index (χ3n) is 16.1. The number of allylic oxidation sites excluding steroid dienone is 3. The van der Waals surface area contributed by atoms with Crippen molar-refractivity contribution in [2.45, 2.75) is 135 Å². The number of carbonyl (C=O) groups excluding carboxylic acids is 1. The molecule has 0 aromatic heterocycles. The lowest BCUT2D eigenvalue weighted by molar-refractivity contribution is -0.166. The molecule has 8 rings (SSSR count). The second-order valence-electron chi connectivity index (χ2n) is 18.6. The molecule has 5 fully saturated rings. The molecule has 0 saturated heterocycles. The van der Waals surface area contributed by atoms with E-state index in [1.54, 1.807) is 22.8 Å². The fraction of sp³-hybridized carbons (Fsp3) is 0.805. The summed E-state index contributed by atoms with van der Waals surface area (Å²) in [5.41, 5.74) is 16.6. The first kappa shape index (κ1) is 34.1. The Balaban J connectivity index is 1.22. The van der Waals surface area contributed by atoms with E-state index < -0.39 is 40.7 Å². The minimum Gasteiger partial charge on any atom is -0.392 e. The standard InChI is InChI=1S/C41H61N3O5/c1-20(2)33-24-10-6-5-9-23(24)25-11-7-8-21-14-26(37(48)35(33)34(21)25)27-12-13-41(49)29-16-30(45)28-15-31(46)32(47)18-39(28,3)36(29)22(17-40(27,41)4)19-44-38(42)43/h16,20-23,26-28,31-32,35-37,46-49H,5-15,17-19H2,1-4H3,(H4,42,43,44). The summed E-state index contributed by atoms with van der Waals surface area (Å²) < 4.78 is 0.